The molecule has 0 bridgehead atoms. The van der Waals surface area contributed by atoms with E-state index in [2.05, 4.69) is 9.97 Å². The Morgan fingerprint density at radius 2 is 2.23 bits per heavy atom. The SMILES string of the molecule is O=Cc1ccc2cnc(Cl)nc2c1. The number of aromatic nitrogens is 2. The van der Waals surface area contributed by atoms with Gasteiger partial charge < -0.3 is 0 Å². The highest BCUT2D eigenvalue weighted by Crippen LogP contribution is 2.13. The van der Waals surface area contributed by atoms with Crippen LogP contribution in [-0.2, 0) is 0 Å². The fraction of sp³-hybridized carbons (Fsp3) is 0. The summed E-state index contributed by atoms with van der Waals surface area (Å²) < 4.78 is 0. The predicted molar refractivity (Wildman–Crippen MR) is 49.9 cm³/mol. The number of aldehydes is 1. The Kier molecular flexibility index (Phi) is 1.94. The smallest absolute Gasteiger partial charge is 0.222 e. The van der Waals surface area contributed by atoms with E-state index in [9.17, 15) is 4.79 Å². The van der Waals surface area contributed by atoms with E-state index in [0.29, 0.717) is 11.1 Å². The molecule has 0 spiro atoms. The van der Waals surface area contributed by atoms with Gasteiger partial charge in [-0.15, -0.1) is 0 Å². The zero-order valence-electron chi connectivity index (χ0n) is 6.57. The van der Waals surface area contributed by atoms with Gasteiger partial charge in [-0.05, 0) is 17.7 Å². The first kappa shape index (κ1) is 8.13. The monoisotopic (exact) mass is 192 g/mol. The second kappa shape index (κ2) is 3.11. The van der Waals surface area contributed by atoms with Crippen LogP contribution >= 0.6 is 11.6 Å². The van der Waals surface area contributed by atoms with Crippen LogP contribution in [0.2, 0.25) is 5.28 Å². The summed E-state index contributed by atoms with van der Waals surface area (Å²) in [7, 11) is 0. The van der Waals surface area contributed by atoms with Gasteiger partial charge in [0.2, 0.25) is 5.28 Å². The minimum Gasteiger partial charge on any atom is -0.298 e. The number of fused-ring (bicyclic) bond motifs is 1. The summed E-state index contributed by atoms with van der Waals surface area (Å²) in [4.78, 5) is 18.3. The lowest BCUT2D eigenvalue weighted by molar-refractivity contribution is 0.112. The van der Waals surface area contributed by atoms with E-state index in [0.717, 1.165) is 11.7 Å². The third-order valence-corrected chi connectivity index (χ3v) is 1.90. The lowest BCUT2D eigenvalue weighted by Crippen LogP contribution is -1.86. The van der Waals surface area contributed by atoms with Crippen LogP contribution in [0.4, 0.5) is 0 Å². The van der Waals surface area contributed by atoms with E-state index in [-0.39, 0.29) is 5.28 Å². The van der Waals surface area contributed by atoms with Crippen LogP contribution in [0, 0.1) is 0 Å². The number of rotatable bonds is 1. The molecule has 0 saturated heterocycles. The number of hydrogen-bond acceptors (Lipinski definition) is 3. The molecule has 0 aliphatic rings. The standard InChI is InChI=1S/C9H5ClN2O/c10-9-11-4-7-2-1-6(5-13)3-8(7)12-9/h1-5H. The van der Waals surface area contributed by atoms with Gasteiger partial charge in [0.05, 0.1) is 5.52 Å². The molecule has 1 aromatic heterocycles. The average molecular weight is 193 g/mol. The molecule has 1 heterocycles. The first-order chi connectivity index (χ1) is 6.29. The van der Waals surface area contributed by atoms with Crippen LogP contribution in [0.25, 0.3) is 10.9 Å². The van der Waals surface area contributed by atoms with Crippen molar-refractivity contribution in [1.29, 1.82) is 0 Å². The van der Waals surface area contributed by atoms with Crippen molar-refractivity contribution in [3.05, 3.63) is 35.2 Å². The molecule has 3 nitrogen and oxygen atoms in total. The lowest BCUT2D eigenvalue weighted by atomic mass is 10.2. The third kappa shape index (κ3) is 1.51. The first-order valence-corrected chi connectivity index (χ1v) is 4.05. The predicted octanol–water partition coefficient (Wildman–Crippen LogP) is 2.10. The van der Waals surface area contributed by atoms with E-state index in [1.165, 1.54) is 0 Å². The molecule has 0 saturated carbocycles. The molecule has 0 radical (unpaired) electrons. The van der Waals surface area contributed by atoms with Crippen molar-refractivity contribution in [3.63, 3.8) is 0 Å². The maximum absolute atomic E-state index is 10.5. The van der Waals surface area contributed by atoms with Gasteiger partial charge in [0, 0.05) is 17.1 Å². The fourth-order valence-corrected chi connectivity index (χ4v) is 1.23. The second-order valence-electron chi connectivity index (χ2n) is 2.58. The molecule has 2 aromatic rings. The summed E-state index contributed by atoms with van der Waals surface area (Å²) in [5.74, 6) is 0. The minimum absolute atomic E-state index is 0.190. The minimum atomic E-state index is 0.190. The quantitative estimate of drug-likeness (QED) is 0.513. The first-order valence-electron chi connectivity index (χ1n) is 3.67. The Balaban J connectivity index is 2.74. The third-order valence-electron chi connectivity index (χ3n) is 1.71. The Bertz CT molecular complexity index is 470. The van der Waals surface area contributed by atoms with Crippen molar-refractivity contribution in [2.45, 2.75) is 0 Å². The Hall–Kier alpha value is -1.48. The molecular weight excluding hydrogens is 188 g/mol. The number of halogens is 1. The van der Waals surface area contributed by atoms with Crippen LogP contribution in [0.3, 0.4) is 0 Å². The van der Waals surface area contributed by atoms with Crippen molar-refractivity contribution >= 4 is 28.8 Å². The highest BCUT2D eigenvalue weighted by Gasteiger charge is 1.98. The van der Waals surface area contributed by atoms with Crippen LogP contribution in [0.5, 0.6) is 0 Å². The lowest BCUT2D eigenvalue weighted by Gasteiger charge is -1.96. The van der Waals surface area contributed by atoms with Gasteiger partial charge in [-0.2, -0.15) is 0 Å². The van der Waals surface area contributed by atoms with Gasteiger partial charge in [0.25, 0.3) is 0 Å². The maximum atomic E-state index is 10.5. The van der Waals surface area contributed by atoms with Gasteiger partial charge in [-0.3, -0.25) is 4.79 Å². The molecule has 64 valence electrons. The van der Waals surface area contributed by atoms with E-state index >= 15 is 0 Å². The molecule has 2 rings (SSSR count). The highest BCUT2D eigenvalue weighted by atomic mass is 35.5. The van der Waals surface area contributed by atoms with Gasteiger partial charge in [-0.1, -0.05) is 12.1 Å². The number of carbonyl (C=O) groups excluding carboxylic acids is 1. The molecule has 0 N–H and O–H groups in total. The molecule has 4 heteroatoms. The molecule has 0 aliphatic carbocycles. The summed E-state index contributed by atoms with van der Waals surface area (Å²) in [5.41, 5.74) is 1.27. The fourth-order valence-electron chi connectivity index (χ4n) is 1.09. The summed E-state index contributed by atoms with van der Waals surface area (Å²) in [6, 6.07) is 5.18. The molecule has 1 aromatic carbocycles. The van der Waals surface area contributed by atoms with Crippen molar-refractivity contribution in [2.24, 2.45) is 0 Å². The van der Waals surface area contributed by atoms with Gasteiger partial charge in [-0.25, -0.2) is 9.97 Å². The molecule has 13 heavy (non-hydrogen) atoms. The normalized spacial score (nSPS) is 10.2. The number of nitrogens with zero attached hydrogens (tertiary/aromatic N) is 2. The molecular formula is C9H5ClN2O. The van der Waals surface area contributed by atoms with Crippen LogP contribution < -0.4 is 0 Å². The van der Waals surface area contributed by atoms with Crippen LogP contribution in [0.1, 0.15) is 10.4 Å². The zero-order chi connectivity index (χ0) is 9.26. The van der Waals surface area contributed by atoms with Gasteiger partial charge in [0.15, 0.2) is 0 Å². The van der Waals surface area contributed by atoms with Crippen molar-refractivity contribution < 1.29 is 4.79 Å². The summed E-state index contributed by atoms with van der Waals surface area (Å²) in [5, 5.41) is 1.06. The van der Waals surface area contributed by atoms with Gasteiger partial charge in [0.1, 0.15) is 6.29 Å². The zero-order valence-corrected chi connectivity index (χ0v) is 7.32. The topological polar surface area (TPSA) is 42.9 Å². The second-order valence-corrected chi connectivity index (χ2v) is 2.91. The largest absolute Gasteiger partial charge is 0.298 e. The molecule has 0 fully saturated rings. The highest BCUT2D eigenvalue weighted by molar-refractivity contribution is 6.28. The van der Waals surface area contributed by atoms with Crippen molar-refractivity contribution in [1.82, 2.24) is 9.97 Å². The molecule has 0 amide bonds. The van der Waals surface area contributed by atoms with Crippen LogP contribution in [-0.4, -0.2) is 16.3 Å². The molecule has 0 atom stereocenters. The van der Waals surface area contributed by atoms with Crippen LogP contribution in [0.15, 0.2) is 24.4 Å². The Morgan fingerprint density at radius 1 is 1.38 bits per heavy atom. The van der Waals surface area contributed by atoms with Gasteiger partial charge >= 0.3 is 0 Å². The maximum Gasteiger partial charge on any atom is 0.222 e. The number of hydrogen-bond donors (Lipinski definition) is 0. The van der Waals surface area contributed by atoms with E-state index in [4.69, 9.17) is 11.6 Å². The van der Waals surface area contributed by atoms with E-state index < -0.39 is 0 Å². The average Bonchev–Trinajstić information content (AvgIpc) is 2.16. The molecule has 0 aliphatic heterocycles. The Labute approximate surface area is 79.4 Å². The molecule has 0 unspecified atom stereocenters. The number of benzene rings is 1. The summed E-state index contributed by atoms with van der Waals surface area (Å²) in [6.07, 6.45) is 2.40. The van der Waals surface area contributed by atoms with E-state index in [1.807, 2.05) is 0 Å². The Morgan fingerprint density at radius 3 is 3.00 bits per heavy atom. The van der Waals surface area contributed by atoms with E-state index in [1.54, 1.807) is 24.4 Å². The number of carbonyl (C=O) groups is 1. The summed E-state index contributed by atoms with van der Waals surface area (Å²) in [6.45, 7) is 0. The van der Waals surface area contributed by atoms with Crippen molar-refractivity contribution in [2.75, 3.05) is 0 Å². The summed E-state index contributed by atoms with van der Waals surface area (Å²) >= 11 is 5.60. The van der Waals surface area contributed by atoms with Crippen molar-refractivity contribution in [3.8, 4) is 0 Å².